The van der Waals surface area contributed by atoms with E-state index in [0.717, 1.165) is 20.9 Å². The molecule has 2 aromatic carbocycles. The average molecular weight is 320 g/mol. The van der Waals surface area contributed by atoms with E-state index in [2.05, 4.69) is 26.1 Å². The summed E-state index contributed by atoms with van der Waals surface area (Å²) in [6, 6.07) is 15.6. The molecule has 0 unspecified atom stereocenters. The van der Waals surface area contributed by atoms with E-state index in [1.807, 2.05) is 48.5 Å². The van der Waals surface area contributed by atoms with Gasteiger partial charge in [-0.3, -0.25) is 0 Å². The summed E-state index contributed by atoms with van der Waals surface area (Å²) in [5.74, 6) is 0. The molecule has 0 spiro atoms. The quantitative estimate of drug-likeness (QED) is 0.649. The minimum atomic E-state index is 0.632. The van der Waals surface area contributed by atoms with Crippen LogP contribution in [0.25, 0.3) is 22.2 Å². The molecule has 0 atom stereocenters. The van der Waals surface area contributed by atoms with Crippen LogP contribution < -0.4 is 0 Å². The zero-order valence-corrected chi connectivity index (χ0v) is 11.6. The van der Waals surface area contributed by atoms with Gasteiger partial charge in [0.05, 0.1) is 5.02 Å². The summed E-state index contributed by atoms with van der Waals surface area (Å²) in [6.07, 6.45) is 0. The van der Waals surface area contributed by atoms with Crippen molar-refractivity contribution >= 4 is 38.4 Å². The fourth-order valence-corrected chi connectivity index (χ4v) is 2.59. The van der Waals surface area contributed by atoms with Crippen LogP contribution in [0.1, 0.15) is 0 Å². The average Bonchev–Trinajstić information content (AvgIpc) is 2.41. The second-order valence-corrected chi connectivity index (χ2v) is 5.10. The molecule has 4 heteroatoms. The smallest absolute Gasteiger partial charge is 0.112 e. The normalized spacial score (nSPS) is 10.8. The van der Waals surface area contributed by atoms with E-state index in [1.165, 1.54) is 0 Å². The van der Waals surface area contributed by atoms with E-state index in [1.54, 1.807) is 0 Å². The molecular formula is C14H8BrClN2. The van der Waals surface area contributed by atoms with Crippen LogP contribution in [0.3, 0.4) is 0 Å². The lowest BCUT2D eigenvalue weighted by atomic mass is 10.1. The molecule has 0 saturated heterocycles. The third-order valence-electron chi connectivity index (χ3n) is 2.73. The molecular weight excluding hydrogens is 312 g/mol. The Morgan fingerprint density at radius 2 is 1.67 bits per heavy atom. The number of nitrogens with zero attached hydrogens (tertiary/aromatic N) is 2. The van der Waals surface area contributed by atoms with Gasteiger partial charge < -0.3 is 0 Å². The molecule has 1 heterocycles. The predicted octanol–water partition coefficient (Wildman–Crippen LogP) is 4.71. The van der Waals surface area contributed by atoms with Crippen molar-refractivity contribution in [2.24, 2.45) is 0 Å². The maximum atomic E-state index is 6.42. The molecule has 0 aliphatic heterocycles. The Labute approximate surface area is 118 Å². The maximum absolute atomic E-state index is 6.42. The number of hydrogen-bond donors (Lipinski definition) is 0. The third kappa shape index (κ3) is 1.89. The number of halogens is 2. The lowest BCUT2D eigenvalue weighted by Crippen LogP contribution is -1.92. The molecule has 0 saturated carbocycles. The second kappa shape index (κ2) is 4.67. The van der Waals surface area contributed by atoms with Gasteiger partial charge >= 0.3 is 0 Å². The standard InChI is InChI=1S/C14H8BrClN2/c15-11-8-4-7-10-12(16)13(17-18-14(10)11)9-5-2-1-3-6-9/h1-8H. The van der Waals surface area contributed by atoms with E-state index >= 15 is 0 Å². The number of hydrogen-bond acceptors (Lipinski definition) is 2. The van der Waals surface area contributed by atoms with E-state index in [9.17, 15) is 0 Å². The number of rotatable bonds is 1. The van der Waals surface area contributed by atoms with Gasteiger partial charge in [-0.05, 0) is 22.0 Å². The second-order valence-electron chi connectivity index (χ2n) is 3.86. The van der Waals surface area contributed by atoms with Crippen LogP contribution in [0.2, 0.25) is 5.02 Å². The van der Waals surface area contributed by atoms with Gasteiger partial charge in [-0.2, -0.15) is 0 Å². The molecule has 18 heavy (non-hydrogen) atoms. The largest absolute Gasteiger partial charge is 0.149 e. The van der Waals surface area contributed by atoms with Gasteiger partial charge in [0.2, 0.25) is 0 Å². The minimum Gasteiger partial charge on any atom is -0.149 e. The molecule has 1 aromatic heterocycles. The van der Waals surface area contributed by atoms with Crippen molar-refractivity contribution in [3.05, 3.63) is 58.0 Å². The van der Waals surface area contributed by atoms with Gasteiger partial charge in [-0.15, -0.1) is 10.2 Å². The molecule has 2 nitrogen and oxygen atoms in total. The van der Waals surface area contributed by atoms with E-state index in [-0.39, 0.29) is 0 Å². The van der Waals surface area contributed by atoms with Crippen LogP contribution in [0.5, 0.6) is 0 Å². The lowest BCUT2D eigenvalue weighted by molar-refractivity contribution is 1.08. The Hall–Kier alpha value is -1.45. The van der Waals surface area contributed by atoms with Crippen molar-refractivity contribution in [1.29, 1.82) is 0 Å². The van der Waals surface area contributed by atoms with Crippen LogP contribution in [-0.4, -0.2) is 10.2 Å². The van der Waals surface area contributed by atoms with Gasteiger partial charge in [0.25, 0.3) is 0 Å². The molecule has 0 amide bonds. The first kappa shape index (κ1) is 11.6. The highest BCUT2D eigenvalue weighted by Crippen LogP contribution is 2.33. The Morgan fingerprint density at radius 3 is 2.44 bits per heavy atom. The highest BCUT2D eigenvalue weighted by atomic mass is 79.9. The zero-order chi connectivity index (χ0) is 12.5. The van der Waals surface area contributed by atoms with Crippen LogP contribution in [0.15, 0.2) is 53.0 Å². The Kier molecular flexibility index (Phi) is 3.02. The van der Waals surface area contributed by atoms with E-state index in [0.29, 0.717) is 10.7 Å². The highest BCUT2D eigenvalue weighted by molar-refractivity contribution is 9.10. The first-order valence-electron chi connectivity index (χ1n) is 5.43. The minimum absolute atomic E-state index is 0.632. The summed E-state index contributed by atoms with van der Waals surface area (Å²) < 4.78 is 0.897. The Balaban J connectivity index is 2.31. The van der Waals surface area contributed by atoms with Crippen molar-refractivity contribution in [2.45, 2.75) is 0 Å². The first-order valence-corrected chi connectivity index (χ1v) is 6.60. The maximum Gasteiger partial charge on any atom is 0.112 e. The van der Waals surface area contributed by atoms with Crippen LogP contribution in [0.4, 0.5) is 0 Å². The van der Waals surface area contributed by atoms with Crippen LogP contribution in [0, 0.1) is 0 Å². The Morgan fingerprint density at radius 1 is 0.889 bits per heavy atom. The van der Waals surface area contributed by atoms with Crippen molar-refractivity contribution in [2.75, 3.05) is 0 Å². The number of benzene rings is 2. The van der Waals surface area contributed by atoms with Gasteiger partial charge in [0.15, 0.2) is 0 Å². The highest BCUT2D eigenvalue weighted by Gasteiger charge is 2.11. The molecule has 0 radical (unpaired) electrons. The van der Waals surface area contributed by atoms with Gasteiger partial charge in [-0.25, -0.2) is 0 Å². The SMILES string of the molecule is Clc1c(-c2ccccc2)nnc2c(Br)cccc12. The summed E-state index contributed by atoms with van der Waals surface area (Å²) in [5.41, 5.74) is 2.46. The number of fused-ring (bicyclic) bond motifs is 1. The predicted molar refractivity (Wildman–Crippen MR) is 77.7 cm³/mol. The van der Waals surface area contributed by atoms with Crippen LogP contribution >= 0.6 is 27.5 Å². The van der Waals surface area contributed by atoms with Crippen molar-refractivity contribution in [3.8, 4) is 11.3 Å². The van der Waals surface area contributed by atoms with Crippen LogP contribution in [-0.2, 0) is 0 Å². The monoisotopic (exact) mass is 318 g/mol. The van der Waals surface area contributed by atoms with E-state index < -0.39 is 0 Å². The Bertz CT molecular complexity index is 714. The topological polar surface area (TPSA) is 25.8 Å². The lowest BCUT2D eigenvalue weighted by Gasteiger charge is -2.06. The summed E-state index contributed by atoms with van der Waals surface area (Å²) in [6.45, 7) is 0. The molecule has 0 aliphatic rings. The summed E-state index contributed by atoms with van der Waals surface area (Å²) in [5, 5.41) is 10.00. The first-order chi connectivity index (χ1) is 8.77. The summed E-state index contributed by atoms with van der Waals surface area (Å²) in [7, 11) is 0. The molecule has 3 rings (SSSR count). The van der Waals surface area contributed by atoms with E-state index in [4.69, 9.17) is 11.6 Å². The molecule has 88 valence electrons. The fourth-order valence-electron chi connectivity index (χ4n) is 1.85. The molecule has 0 aliphatic carbocycles. The zero-order valence-electron chi connectivity index (χ0n) is 9.27. The summed E-state index contributed by atoms with van der Waals surface area (Å²) >= 11 is 9.88. The fraction of sp³-hybridized carbons (Fsp3) is 0. The molecule has 0 bridgehead atoms. The molecule has 0 N–H and O–H groups in total. The molecule has 0 fully saturated rings. The van der Waals surface area contributed by atoms with Gasteiger partial charge in [0, 0.05) is 15.4 Å². The third-order valence-corrected chi connectivity index (χ3v) is 3.75. The van der Waals surface area contributed by atoms with Crippen molar-refractivity contribution in [1.82, 2.24) is 10.2 Å². The summed E-state index contributed by atoms with van der Waals surface area (Å²) in [4.78, 5) is 0. The van der Waals surface area contributed by atoms with Crippen molar-refractivity contribution < 1.29 is 0 Å². The van der Waals surface area contributed by atoms with Crippen molar-refractivity contribution in [3.63, 3.8) is 0 Å². The number of aromatic nitrogens is 2. The molecule has 3 aromatic rings. The van der Waals surface area contributed by atoms with Gasteiger partial charge in [0.1, 0.15) is 11.2 Å². The van der Waals surface area contributed by atoms with Gasteiger partial charge in [-0.1, -0.05) is 54.1 Å².